The summed E-state index contributed by atoms with van der Waals surface area (Å²) in [6, 6.07) is 3.76. The van der Waals surface area contributed by atoms with E-state index in [9.17, 15) is 14.7 Å². The van der Waals surface area contributed by atoms with Gasteiger partial charge < -0.3 is 14.6 Å². The summed E-state index contributed by atoms with van der Waals surface area (Å²) in [4.78, 5) is 22.7. The van der Waals surface area contributed by atoms with Crippen molar-refractivity contribution in [2.24, 2.45) is 0 Å². The van der Waals surface area contributed by atoms with E-state index >= 15 is 0 Å². The first-order chi connectivity index (χ1) is 7.95. The Morgan fingerprint density at radius 2 is 2.00 bits per heavy atom. The number of phenols is 1. The van der Waals surface area contributed by atoms with Gasteiger partial charge in [0.2, 0.25) is 0 Å². The van der Waals surface area contributed by atoms with Crippen LogP contribution in [-0.4, -0.2) is 24.2 Å². The third-order valence-corrected chi connectivity index (χ3v) is 1.92. The molecule has 0 radical (unpaired) electrons. The van der Waals surface area contributed by atoms with Crippen molar-refractivity contribution in [3.05, 3.63) is 35.9 Å². The number of phenolic OH excluding ortho intramolecular Hbond substituents is 1. The minimum atomic E-state index is -0.680. The average Bonchev–Trinajstić information content (AvgIpc) is 2.28. The molecule has 0 bridgehead atoms. The van der Waals surface area contributed by atoms with Crippen LogP contribution in [0.4, 0.5) is 0 Å². The molecule has 0 spiro atoms. The molecule has 1 N–H and O–H groups in total. The lowest BCUT2D eigenvalue weighted by Crippen LogP contribution is -2.12. The number of rotatable bonds is 3. The van der Waals surface area contributed by atoms with Gasteiger partial charge >= 0.3 is 11.9 Å². The first-order valence-electron chi connectivity index (χ1n) is 4.74. The zero-order valence-electron chi connectivity index (χ0n) is 9.52. The molecule has 5 nitrogen and oxygen atoms in total. The molecule has 0 aliphatic carbocycles. The van der Waals surface area contributed by atoms with Crippen LogP contribution in [0.5, 0.6) is 11.5 Å². The number of carbonyl (C=O) groups excluding carboxylic acids is 2. The number of carbonyl (C=O) groups is 2. The Bertz CT molecular complexity index is 476. The zero-order valence-corrected chi connectivity index (χ0v) is 9.52. The minimum absolute atomic E-state index is 0.0555. The molecule has 0 heterocycles. The molecule has 17 heavy (non-hydrogen) atoms. The second kappa shape index (κ2) is 5.16. The summed E-state index contributed by atoms with van der Waals surface area (Å²) in [5.74, 6) is -1.53. The van der Waals surface area contributed by atoms with E-state index in [0.717, 1.165) is 6.07 Å². The summed E-state index contributed by atoms with van der Waals surface area (Å²) in [6.45, 7) is 4.89. The zero-order chi connectivity index (χ0) is 13.0. The number of methoxy groups -OCH3 is 1. The third kappa shape index (κ3) is 3.07. The standard InChI is InChI=1S/C12H12O5/c1-7(2)11(14)17-10-6-8(13)4-5-9(10)12(15)16-3/h4-6,13H,1H2,2-3H3. The van der Waals surface area contributed by atoms with E-state index in [1.165, 1.54) is 26.2 Å². The van der Waals surface area contributed by atoms with Gasteiger partial charge in [0.05, 0.1) is 7.11 Å². The molecule has 1 aromatic carbocycles. The molecule has 0 amide bonds. The maximum absolute atomic E-state index is 11.4. The fraction of sp³-hybridized carbons (Fsp3) is 0.167. The third-order valence-electron chi connectivity index (χ3n) is 1.92. The molecule has 0 fully saturated rings. The molecule has 90 valence electrons. The van der Waals surface area contributed by atoms with E-state index in [-0.39, 0.29) is 22.6 Å². The summed E-state index contributed by atoms with van der Waals surface area (Å²) in [5, 5.41) is 9.28. The van der Waals surface area contributed by atoms with E-state index in [2.05, 4.69) is 11.3 Å². The highest BCUT2D eigenvalue weighted by Crippen LogP contribution is 2.25. The first kappa shape index (κ1) is 12.8. The van der Waals surface area contributed by atoms with Crippen LogP contribution in [0.2, 0.25) is 0 Å². The summed E-state index contributed by atoms with van der Waals surface area (Å²) in [5.41, 5.74) is 0.240. The molecular weight excluding hydrogens is 224 g/mol. The highest BCUT2D eigenvalue weighted by atomic mass is 16.5. The summed E-state index contributed by atoms with van der Waals surface area (Å²) in [6.07, 6.45) is 0. The van der Waals surface area contributed by atoms with Gasteiger partial charge in [-0.2, -0.15) is 0 Å². The van der Waals surface area contributed by atoms with E-state index in [4.69, 9.17) is 4.74 Å². The number of hydrogen-bond acceptors (Lipinski definition) is 5. The minimum Gasteiger partial charge on any atom is -0.508 e. The Labute approximate surface area is 98.3 Å². The first-order valence-corrected chi connectivity index (χ1v) is 4.74. The fourth-order valence-corrected chi connectivity index (χ4v) is 1.06. The Balaban J connectivity index is 3.11. The Morgan fingerprint density at radius 3 is 2.53 bits per heavy atom. The van der Waals surface area contributed by atoms with Gasteiger partial charge in [-0.1, -0.05) is 6.58 Å². The van der Waals surface area contributed by atoms with Gasteiger partial charge in [-0.15, -0.1) is 0 Å². The number of aromatic hydroxyl groups is 1. The van der Waals surface area contributed by atoms with Crippen LogP contribution in [0.1, 0.15) is 17.3 Å². The highest BCUT2D eigenvalue weighted by molar-refractivity contribution is 5.95. The molecule has 0 aromatic heterocycles. The molecule has 0 saturated carbocycles. The second-order valence-electron chi connectivity index (χ2n) is 3.34. The van der Waals surface area contributed by atoms with Crippen LogP contribution in [0, 0.1) is 0 Å². The number of ether oxygens (including phenoxy) is 2. The predicted octanol–water partition coefficient (Wildman–Crippen LogP) is 1.66. The lowest BCUT2D eigenvalue weighted by atomic mass is 10.2. The summed E-state index contributed by atoms with van der Waals surface area (Å²) in [7, 11) is 1.21. The van der Waals surface area contributed by atoms with Crippen molar-refractivity contribution >= 4 is 11.9 Å². The van der Waals surface area contributed by atoms with Crippen molar-refractivity contribution < 1.29 is 24.2 Å². The van der Waals surface area contributed by atoms with E-state index < -0.39 is 11.9 Å². The lowest BCUT2D eigenvalue weighted by Gasteiger charge is -2.08. The van der Waals surface area contributed by atoms with Gasteiger partial charge in [0, 0.05) is 11.6 Å². The monoisotopic (exact) mass is 236 g/mol. The normalized spacial score (nSPS) is 9.53. The summed E-state index contributed by atoms with van der Waals surface area (Å²) >= 11 is 0. The van der Waals surface area contributed by atoms with Gasteiger partial charge in [0.25, 0.3) is 0 Å². The van der Waals surface area contributed by atoms with E-state index in [1.807, 2.05) is 0 Å². The van der Waals surface area contributed by atoms with E-state index in [0.29, 0.717) is 0 Å². The lowest BCUT2D eigenvalue weighted by molar-refractivity contribution is -0.130. The quantitative estimate of drug-likeness (QED) is 0.491. The van der Waals surface area contributed by atoms with Crippen LogP contribution in [-0.2, 0) is 9.53 Å². The van der Waals surface area contributed by atoms with Crippen molar-refractivity contribution in [2.45, 2.75) is 6.92 Å². The van der Waals surface area contributed by atoms with Crippen molar-refractivity contribution in [3.8, 4) is 11.5 Å². The second-order valence-corrected chi connectivity index (χ2v) is 3.34. The van der Waals surface area contributed by atoms with Crippen LogP contribution < -0.4 is 4.74 Å². The van der Waals surface area contributed by atoms with E-state index in [1.54, 1.807) is 0 Å². The number of hydrogen-bond donors (Lipinski definition) is 1. The van der Waals surface area contributed by atoms with Crippen molar-refractivity contribution in [1.82, 2.24) is 0 Å². The Morgan fingerprint density at radius 1 is 1.35 bits per heavy atom. The molecule has 0 aliphatic rings. The van der Waals surface area contributed by atoms with Gasteiger partial charge in [0.15, 0.2) is 0 Å². The Hall–Kier alpha value is -2.30. The molecule has 1 aromatic rings. The molecule has 5 heteroatoms. The van der Waals surface area contributed by atoms with Crippen molar-refractivity contribution in [3.63, 3.8) is 0 Å². The van der Waals surface area contributed by atoms with Gasteiger partial charge in [-0.25, -0.2) is 9.59 Å². The van der Waals surface area contributed by atoms with Crippen molar-refractivity contribution in [2.75, 3.05) is 7.11 Å². The highest BCUT2D eigenvalue weighted by Gasteiger charge is 2.16. The predicted molar refractivity (Wildman–Crippen MR) is 59.9 cm³/mol. The largest absolute Gasteiger partial charge is 0.508 e. The SMILES string of the molecule is C=C(C)C(=O)Oc1cc(O)ccc1C(=O)OC. The maximum Gasteiger partial charge on any atom is 0.341 e. The molecule has 0 unspecified atom stereocenters. The van der Waals surface area contributed by atoms with Crippen LogP contribution in [0.3, 0.4) is 0 Å². The average molecular weight is 236 g/mol. The molecule has 0 atom stereocenters. The molecular formula is C12H12O5. The summed E-state index contributed by atoms with van der Waals surface area (Å²) < 4.78 is 9.44. The number of esters is 2. The molecule has 1 rings (SSSR count). The smallest absolute Gasteiger partial charge is 0.341 e. The van der Waals surface area contributed by atoms with Gasteiger partial charge in [0.1, 0.15) is 17.1 Å². The maximum atomic E-state index is 11.4. The molecule has 0 saturated heterocycles. The van der Waals surface area contributed by atoms with Crippen LogP contribution in [0.15, 0.2) is 30.4 Å². The topological polar surface area (TPSA) is 72.8 Å². The fourth-order valence-electron chi connectivity index (χ4n) is 1.06. The van der Waals surface area contributed by atoms with Gasteiger partial charge in [-0.3, -0.25) is 0 Å². The molecule has 0 aliphatic heterocycles. The number of benzene rings is 1. The van der Waals surface area contributed by atoms with Gasteiger partial charge in [-0.05, 0) is 19.1 Å². The van der Waals surface area contributed by atoms with Crippen LogP contribution >= 0.6 is 0 Å². The van der Waals surface area contributed by atoms with Crippen LogP contribution in [0.25, 0.3) is 0 Å². The Kier molecular flexibility index (Phi) is 3.87. The van der Waals surface area contributed by atoms with Crippen molar-refractivity contribution in [1.29, 1.82) is 0 Å².